The third-order valence-electron chi connectivity index (χ3n) is 4.47. The second kappa shape index (κ2) is 7.24. The molecule has 1 aromatic rings. The zero-order valence-corrected chi connectivity index (χ0v) is 14.0. The monoisotopic (exact) mass is 324 g/mol. The summed E-state index contributed by atoms with van der Waals surface area (Å²) in [4.78, 5) is 13.9. The minimum Gasteiger partial charge on any atom is -0.341 e. The van der Waals surface area contributed by atoms with E-state index in [1.807, 2.05) is 18.2 Å². The van der Waals surface area contributed by atoms with Crippen LogP contribution in [0.3, 0.4) is 0 Å². The maximum absolute atomic E-state index is 12.3. The molecule has 2 atom stereocenters. The Balaban J connectivity index is 2.15. The number of rotatable bonds is 5. The number of sulfonamides is 1. The molecule has 1 aromatic carbocycles. The van der Waals surface area contributed by atoms with E-state index in [2.05, 4.69) is 16.9 Å². The average molecular weight is 324 g/mol. The number of amides is 1. The van der Waals surface area contributed by atoms with Crippen molar-refractivity contribution in [3.8, 4) is 0 Å². The first kappa shape index (κ1) is 17.0. The summed E-state index contributed by atoms with van der Waals surface area (Å²) in [5, 5.41) is 0. The summed E-state index contributed by atoms with van der Waals surface area (Å²) in [5.41, 5.74) is 1.23. The van der Waals surface area contributed by atoms with Crippen LogP contribution in [0.2, 0.25) is 0 Å². The fraction of sp³-hybridized carbons (Fsp3) is 0.562. The molecule has 1 aliphatic rings. The molecule has 22 heavy (non-hydrogen) atoms. The minimum atomic E-state index is -3.53. The van der Waals surface area contributed by atoms with Crippen molar-refractivity contribution in [3.05, 3.63) is 35.9 Å². The highest BCUT2D eigenvalue weighted by atomic mass is 32.2. The van der Waals surface area contributed by atoms with Crippen LogP contribution in [-0.2, 0) is 14.8 Å². The van der Waals surface area contributed by atoms with Gasteiger partial charge in [0.2, 0.25) is 15.9 Å². The van der Waals surface area contributed by atoms with Crippen molar-refractivity contribution in [1.82, 2.24) is 9.62 Å². The van der Waals surface area contributed by atoms with Gasteiger partial charge in [-0.05, 0) is 25.5 Å². The van der Waals surface area contributed by atoms with Crippen LogP contribution in [0.1, 0.15) is 37.2 Å². The highest BCUT2D eigenvalue weighted by molar-refractivity contribution is 7.90. The van der Waals surface area contributed by atoms with Gasteiger partial charge in [-0.15, -0.1) is 0 Å². The molecule has 6 heteroatoms. The second-order valence-corrected chi connectivity index (χ2v) is 7.76. The van der Waals surface area contributed by atoms with E-state index in [4.69, 9.17) is 0 Å². The number of hydrogen-bond acceptors (Lipinski definition) is 3. The van der Waals surface area contributed by atoms with Crippen molar-refractivity contribution in [3.63, 3.8) is 0 Å². The first-order valence-electron chi connectivity index (χ1n) is 7.66. The van der Waals surface area contributed by atoms with Crippen LogP contribution in [0.25, 0.3) is 0 Å². The van der Waals surface area contributed by atoms with Gasteiger partial charge in [0.05, 0.1) is 0 Å². The topological polar surface area (TPSA) is 66.5 Å². The Bertz CT molecular complexity index is 601. The van der Waals surface area contributed by atoms with Crippen LogP contribution in [0, 0.1) is 0 Å². The smallest absolute Gasteiger partial charge is 0.239 e. The lowest BCUT2D eigenvalue weighted by Crippen LogP contribution is -2.45. The quantitative estimate of drug-likeness (QED) is 0.897. The third-order valence-corrected chi connectivity index (χ3v) is 5.72. The van der Waals surface area contributed by atoms with Crippen LogP contribution < -0.4 is 4.72 Å². The Hall–Kier alpha value is -1.40. The van der Waals surface area contributed by atoms with Gasteiger partial charge < -0.3 is 4.90 Å². The lowest BCUT2D eigenvalue weighted by molar-refractivity contribution is -0.130. The summed E-state index contributed by atoms with van der Waals surface area (Å²) in [5.74, 6) is -0.554. The molecule has 0 radical (unpaired) electrons. The SMILES string of the molecule is CNS(=O)(=O)CC(=O)N(C)C1CCCCC1c1ccccc1. The van der Waals surface area contributed by atoms with Crippen LogP contribution in [0.4, 0.5) is 0 Å². The summed E-state index contributed by atoms with van der Waals surface area (Å²) in [6.07, 6.45) is 4.17. The van der Waals surface area contributed by atoms with Gasteiger partial charge >= 0.3 is 0 Å². The van der Waals surface area contributed by atoms with E-state index in [0.29, 0.717) is 0 Å². The summed E-state index contributed by atoms with van der Waals surface area (Å²) in [7, 11) is -0.475. The van der Waals surface area contributed by atoms with Gasteiger partial charge in [0, 0.05) is 19.0 Å². The maximum Gasteiger partial charge on any atom is 0.239 e. The molecule has 0 spiro atoms. The van der Waals surface area contributed by atoms with Crippen molar-refractivity contribution in [1.29, 1.82) is 0 Å². The van der Waals surface area contributed by atoms with Gasteiger partial charge in [-0.1, -0.05) is 43.2 Å². The van der Waals surface area contributed by atoms with Gasteiger partial charge in [0.15, 0.2) is 0 Å². The molecule has 1 N–H and O–H groups in total. The van der Waals surface area contributed by atoms with E-state index in [9.17, 15) is 13.2 Å². The summed E-state index contributed by atoms with van der Waals surface area (Å²) in [6.45, 7) is 0. The number of likely N-dealkylation sites (N-methyl/N-ethyl adjacent to an activating group) is 1. The van der Waals surface area contributed by atoms with Crippen molar-refractivity contribution >= 4 is 15.9 Å². The molecule has 0 aliphatic heterocycles. The predicted molar refractivity (Wildman–Crippen MR) is 87.1 cm³/mol. The van der Waals surface area contributed by atoms with Gasteiger partial charge in [-0.2, -0.15) is 0 Å². The molecule has 0 heterocycles. The zero-order valence-electron chi connectivity index (χ0n) is 13.2. The largest absolute Gasteiger partial charge is 0.341 e. The predicted octanol–water partition coefficient (Wildman–Crippen LogP) is 1.72. The first-order chi connectivity index (χ1) is 10.4. The molecule has 1 fully saturated rings. The summed E-state index contributed by atoms with van der Waals surface area (Å²) >= 11 is 0. The van der Waals surface area contributed by atoms with Crippen LogP contribution in [0.15, 0.2) is 30.3 Å². The lowest BCUT2D eigenvalue weighted by Gasteiger charge is -2.38. The highest BCUT2D eigenvalue weighted by Crippen LogP contribution is 2.35. The summed E-state index contributed by atoms with van der Waals surface area (Å²) in [6, 6.07) is 10.2. The molecular formula is C16H24N2O3S. The van der Waals surface area contributed by atoms with Gasteiger partial charge in [-0.25, -0.2) is 13.1 Å². The standard InChI is InChI=1S/C16H24N2O3S/c1-17-22(20,21)12-16(19)18(2)15-11-7-6-10-14(15)13-8-4-3-5-9-13/h3-5,8-9,14-15,17H,6-7,10-12H2,1-2H3. The Morgan fingerprint density at radius 1 is 1.23 bits per heavy atom. The van der Waals surface area contributed by atoms with Crippen LogP contribution >= 0.6 is 0 Å². The molecule has 122 valence electrons. The molecule has 0 bridgehead atoms. The van der Waals surface area contributed by atoms with Crippen molar-refractivity contribution in [2.24, 2.45) is 0 Å². The molecule has 1 saturated carbocycles. The first-order valence-corrected chi connectivity index (χ1v) is 9.31. The van der Waals surface area contributed by atoms with Crippen molar-refractivity contribution in [2.75, 3.05) is 19.8 Å². The van der Waals surface area contributed by atoms with Crippen LogP contribution in [-0.4, -0.2) is 45.1 Å². The van der Waals surface area contributed by atoms with Crippen LogP contribution in [0.5, 0.6) is 0 Å². The maximum atomic E-state index is 12.3. The van der Waals surface area contributed by atoms with E-state index in [0.717, 1.165) is 25.7 Å². The fourth-order valence-electron chi connectivity index (χ4n) is 3.19. The van der Waals surface area contributed by atoms with Crippen molar-refractivity contribution in [2.45, 2.75) is 37.6 Å². The van der Waals surface area contributed by atoms with Gasteiger partial charge in [0.1, 0.15) is 5.75 Å². The Morgan fingerprint density at radius 3 is 2.50 bits per heavy atom. The number of benzene rings is 1. The number of nitrogens with zero attached hydrogens (tertiary/aromatic N) is 1. The number of carbonyl (C=O) groups excluding carboxylic acids is 1. The zero-order chi connectivity index (χ0) is 16.2. The number of hydrogen-bond donors (Lipinski definition) is 1. The Labute approximate surface area is 132 Å². The van der Waals surface area contributed by atoms with Gasteiger partial charge in [-0.3, -0.25) is 4.79 Å². The van der Waals surface area contributed by atoms with E-state index >= 15 is 0 Å². The minimum absolute atomic E-state index is 0.0655. The van der Waals surface area contributed by atoms with E-state index in [1.165, 1.54) is 12.6 Å². The Kier molecular flexibility index (Phi) is 5.58. The van der Waals surface area contributed by atoms with E-state index in [1.54, 1.807) is 11.9 Å². The highest BCUT2D eigenvalue weighted by Gasteiger charge is 2.32. The molecule has 5 nitrogen and oxygen atoms in total. The molecule has 0 saturated heterocycles. The number of carbonyl (C=O) groups is 1. The molecule has 2 rings (SSSR count). The molecule has 1 aliphatic carbocycles. The number of nitrogens with one attached hydrogen (secondary N) is 1. The summed E-state index contributed by atoms with van der Waals surface area (Å²) < 4.78 is 25.4. The lowest BCUT2D eigenvalue weighted by atomic mass is 9.79. The second-order valence-electron chi connectivity index (χ2n) is 5.84. The molecule has 2 unspecified atom stereocenters. The van der Waals surface area contributed by atoms with E-state index < -0.39 is 15.8 Å². The normalized spacial score (nSPS) is 22.3. The van der Waals surface area contributed by atoms with E-state index in [-0.39, 0.29) is 17.9 Å². The Morgan fingerprint density at radius 2 is 1.86 bits per heavy atom. The third kappa shape index (κ3) is 4.08. The molecular weight excluding hydrogens is 300 g/mol. The average Bonchev–Trinajstić information content (AvgIpc) is 2.54. The fourth-order valence-corrected chi connectivity index (χ4v) is 3.86. The van der Waals surface area contributed by atoms with Gasteiger partial charge in [0.25, 0.3) is 0 Å². The molecule has 1 amide bonds. The molecule has 0 aromatic heterocycles. The van der Waals surface area contributed by atoms with Crippen molar-refractivity contribution < 1.29 is 13.2 Å².